The molecule has 1 amide bonds. The van der Waals surface area contributed by atoms with E-state index in [4.69, 9.17) is 25.6 Å². The number of rotatable bonds is 1. The summed E-state index contributed by atoms with van der Waals surface area (Å²) in [5.41, 5.74) is 2.34. The fourth-order valence-electron chi connectivity index (χ4n) is 0.123. The Morgan fingerprint density at radius 1 is 1.13 bits per heavy atom. The maximum Gasteiger partial charge on any atom is 1.00 e. The first kappa shape index (κ1) is 25.3. The Hall–Kier alpha value is 1.38. The molecule has 0 aliphatic rings. The second-order valence-electron chi connectivity index (χ2n) is 1.83. The van der Waals surface area contributed by atoms with E-state index in [1.54, 1.807) is 6.92 Å². The molecule has 0 saturated carbocycles. The van der Waals surface area contributed by atoms with Crippen LogP contribution in [0.25, 0.3) is 0 Å². The fraction of sp³-hybridized carbons (Fsp3) is 0.167. The Bertz CT molecular complexity index is 232. The molecular weight excluding hydrogens is 258 g/mol. The third-order valence-electron chi connectivity index (χ3n) is 0.685. The summed E-state index contributed by atoms with van der Waals surface area (Å²) in [6.45, 7) is 4.92. The van der Waals surface area contributed by atoms with Crippen LogP contribution in [-0.4, -0.2) is 17.8 Å². The van der Waals surface area contributed by atoms with Crippen molar-refractivity contribution in [2.75, 3.05) is 0 Å². The van der Waals surface area contributed by atoms with Crippen molar-refractivity contribution in [3.8, 4) is 0 Å². The number of hydrazine groups is 1. The van der Waals surface area contributed by atoms with Gasteiger partial charge in [0.05, 0.1) is 11.9 Å². The number of carboxylic acid groups (broad SMARTS) is 2. The predicted molar refractivity (Wildman–Crippen MR) is 37.2 cm³/mol. The summed E-state index contributed by atoms with van der Waals surface area (Å²) in [7, 11) is 0. The summed E-state index contributed by atoms with van der Waals surface area (Å²) in [5, 5.41) is 17.9. The van der Waals surface area contributed by atoms with E-state index >= 15 is 0 Å². The zero-order valence-electron chi connectivity index (χ0n) is 8.83. The number of amides is 1. The molecule has 0 spiro atoms. The van der Waals surface area contributed by atoms with Gasteiger partial charge in [-0.1, -0.05) is 6.58 Å². The number of nitrogens with one attached hydrogen (secondary N) is 1. The molecule has 0 atom stereocenters. The summed E-state index contributed by atoms with van der Waals surface area (Å²) in [4.78, 5) is 28.0. The molecule has 0 radical (unpaired) electrons. The Morgan fingerprint density at radius 2 is 1.40 bits per heavy atom. The number of aliphatic carboxylic acids is 2. The first-order valence-electron chi connectivity index (χ1n) is 2.91. The van der Waals surface area contributed by atoms with Crippen molar-refractivity contribution in [3.05, 3.63) is 12.2 Å². The molecule has 0 aromatic rings. The molecule has 0 saturated heterocycles. The molecule has 0 aliphatic heterocycles. The third kappa shape index (κ3) is 21.3. The number of carbonyl (C=O) groups excluding carboxylic acids is 3. The van der Waals surface area contributed by atoms with Crippen LogP contribution in [0.2, 0.25) is 0 Å². The minimum absolute atomic E-state index is 0. The smallest absolute Gasteiger partial charge is 0.543 e. The average molecular weight is 266 g/mol. The fourth-order valence-corrected chi connectivity index (χ4v) is 0.123. The molecule has 0 fully saturated rings. The number of nitrogens with two attached hydrogens (primary N) is 1. The quantitative estimate of drug-likeness (QED) is 0.121. The van der Waals surface area contributed by atoms with Gasteiger partial charge < -0.3 is 19.8 Å². The van der Waals surface area contributed by atoms with Crippen LogP contribution in [0.4, 0.5) is 0 Å². The molecule has 15 heavy (non-hydrogen) atoms. The van der Waals surface area contributed by atoms with E-state index in [-0.39, 0.29) is 109 Å². The average Bonchev–Trinajstić information content (AvgIpc) is 2.03. The Morgan fingerprint density at radius 3 is 1.40 bits per heavy atom. The van der Waals surface area contributed by atoms with Crippen LogP contribution in [0.5, 0.6) is 0 Å². The second-order valence-corrected chi connectivity index (χ2v) is 1.83. The molecule has 0 aliphatic carbocycles. The van der Waals surface area contributed by atoms with E-state index in [2.05, 4.69) is 6.58 Å². The predicted octanol–water partition coefficient (Wildman–Crippen LogP) is -9.95. The van der Waals surface area contributed by atoms with Gasteiger partial charge in [0.25, 0.3) is 5.91 Å². The molecule has 9 heteroatoms. The van der Waals surface area contributed by atoms with E-state index in [0.29, 0.717) is 5.57 Å². The topological polar surface area (TPSA) is 135 Å². The largest absolute Gasteiger partial charge is 1.00 e. The molecule has 0 bridgehead atoms. The Balaban J connectivity index is -0.0000000718. The Labute approximate surface area is 172 Å². The summed E-state index contributed by atoms with van der Waals surface area (Å²) in [5.74, 6) is 0.0228. The van der Waals surface area contributed by atoms with Crippen molar-refractivity contribution in [1.29, 1.82) is 0 Å². The van der Waals surface area contributed by atoms with Gasteiger partial charge in [-0.25, -0.2) is 5.84 Å². The minimum atomic E-state index is -2.19. The summed E-state index contributed by atoms with van der Waals surface area (Å²) in [6, 6.07) is 0. The molecule has 7 nitrogen and oxygen atoms in total. The van der Waals surface area contributed by atoms with Crippen molar-refractivity contribution in [2.24, 2.45) is 5.84 Å². The number of carboxylic acids is 2. The first-order chi connectivity index (χ1) is 5.82. The van der Waals surface area contributed by atoms with Gasteiger partial charge in [-0.2, -0.15) is 0 Å². The second kappa shape index (κ2) is 15.4. The van der Waals surface area contributed by atoms with E-state index in [1.807, 2.05) is 5.43 Å². The summed E-state index contributed by atoms with van der Waals surface area (Å²) < 4.78 is 0. The van der Waals surface area contributed by atoms with Crippen LogP contribution in [-0.2, 0) is 14.4 Å². The normalized spacial score (nSPS) is 6.53. The molecule has 0 unspecified atom stereocenters. The minimum Gasteiger partial charge on any atom is -0.543 e. The first-order valence-corrected chi connectivity index (χ1v) is 2.91. The SMILES string of the molecule is C=C(C)C(=O)NN.O=C([O-])C(=O)[O-].[K+].[K+]. The molecular formula is C6H8K2N2O5. The van der Waals surface area contributed by atoms with E-state index in [9.17, 15) is 4.79 Å². The number of carbonyl (C=O) groups is 3. The number of hydrogen-bond acceptors (Lipinski definition) is 6. The summed E-state index contributed by atoms with van der Waals surface area (Å²) >= 11 is 0. The third-order valence-corrected chi connectivity index (χ3v) is 0.685. The van der Waals surface area contributed by atoms with Gasteiger partial charge in [-0.3, -0.25) is 10.2 Å². The zero-order chi connectivity index (χ0) is 11.0. The molecule has 0 rings (SSSR count). The molecule has 3 N–H and O–H groups in total. The van der Waals surface area contributed by atoms with Gasteiger partial charge in [-0.05, 0) is 6.92 Å². The van der Waals surface area contributed by atoms with Crippen LogP contribution in [0.3, 0.4) is 0 Å². The van der Waals surface area contributed by atoms with E-state index in [0.717, 1.165) is 0 Å². The van der Waals surface area contributed by atoms with Crippen molar-refractivity contribution >= 4 is 17.8 Å². The van der Waals surface area contributed by atoms with Gasteiger partial charge in [-0.15, -0.1) is 0 Å². The monoisotopic (exact) mass is 266 g/mol. The van der Waals surface area contributed by atoms with Crippen LogP contribution in [0.1, 0.15) is 6.92 Å². The molecule has 0 aromatic heterocycles. The maximum absolute atomic E-state index is 10.2. The Kier molecular flexibility index (Phi) is 25.9. The van der Waals surface area contributed by atoms with Crippen LogP contribution >= 0.6 is 0 Å². The molecule has 74 valence electrons. The van der Waals surface area contributed by atoms with Gasteiger partial charge in [0, 0.05) is 5.57 Å². The van der Waals surface area contributed by atoms with Gasteiger partial charge in [0.2, 0.25) is 0 Å². The van der Waals surface area contributed by atoms with Crippen molar-refractivity contribution in [2.45, 2.75) is 6.92 Å². The van der Waals surface area contributed by atoms with Crippen molar-refractivity contribution in [1.82, 2.24) is 5.43 Å². The standard InChI is InChI=1S/C4H8N2O.C2H2O4.2K/c1-3(2)4(7)6-5;3-1(4)2(5)6;;/h1,5H2,2H3,(H,6,7);(H,3,4)(H,5,6);;/q;;2*+1/p-2. The van der Waals surface area contributed by atoms with Gasteiger partial charge in [0.15, 0.2) is 0 Å². The molecule has 0 heterocycles. The summed E-state index contributed by atoms with van der Waals surface area (Å²) in [6.07, 6.45) is 0. The van der Waals surface area contributed by atoms with Gasteiger partial charge in [0.1, 0.15) is 0 Å². The molecule has 0 aromatic carbocycles. The van der Waals surface area contributed by atoms with Crippen molar-refractivity contribution < 1.29 is 127 Å². The zero-order valence-corrected chi connectivity index (χ0v) is 15.1. The van der Waals surface area contributed by atoms with Crippen LogP contribution in [0.15, 0.2) is 12.2 Å². The van der Waals surface area contributed by atoms with Crippen LogP contribution in [0, 0.1) is 0 Å². The number of hydrogen-bond donors (Lipinski definition) is 2. The van der Waals surface area contributed by atoms with E-state index in [1.165, 1.54) is 0 Å². The van der Waals surface area contributed by atoms with Gasteiger partial charge >= 0.3 is 103 Å². The maximum atomic E-state index is 10.2. The van der Waals surface area contributed by atoms with Crippen LogP contribution < -0.4 is 124 Å². The van der Waals surface area contributed by atoms with E-state index < -0.39 is 11.9 Å². The van der Waals surface area contributed by atoms with Crippen molar-refractivity contribution in [3.63, 3.8) is 0 Å².